The van der Waals surface area contributed by atoms with Crippen LogP contribution in [0.2, 0.25) is 0 Å². The number of ether oxygens (including phenoxy) is 1. The van der Waals surface area contributed by atoms with Crippen molar-refractivity contribution < 1.29 is 43.7 Å². The van der Waals surface area contributed by atoms with Gasteiger partial charge < -0.3 is 36.2 Å². The molecule has 0 unspecified atom stereocenters. The predicted molar refractivity (Wildman–Crippen MR) is 137 cm³/mol. The molecule has 4 amide bonds. The van der Waals surface area contributed by atoms with Crippen LogP contribution in [0.15, 0.2) is 60.7 Å². The molecule has 2 aromatic rings. The van der Waals surface area contributed by atoms with Crippen LogP contribution in [0.4, 0.5) is 30.6 Å². The lowest BCUT2D eigenvalue weighted by Crippen LogP contribution is -2.48. The number of esters is 2. The van der Waals surface area contributed by atoms with Crippen LogP contribution in [-0.4, -0.2) is 68.4 Å². The monoisotopic (exact) mass is 550 g/mol. The molecule has 2 atom stereocenters. The molecule has 0 bridgehead atoms. The van der Waals surface area contributed by atoms with Gasteiger partial charge in [0.2, 0.25) is 0 Å². The summed E-state index contributed by atoms with van der Waals surface area (Å²) in [5, 5.41) is 25.6. The Kier molecular flexibility index (Phi) is 11.8. The molecule has 0 aliphatic rings. The third-order valence-electron chi connectivity index (χ3n) is 4.17. The third-order valence-corrected chi connectivity index (χ3v) is 5.90. The van der Waals surface area contributed by atoms with Gasteiger partial charge >= 0.3 is 24.1 Å². The van der Waals surface area contributed by atoms with Gasteiger partial charge in [0, 0.05) is 22.9 Å². The van der Waals surface area contributed by atoms with E-state index >= 15 is 0 Å². The van der Waals surface area contributed by atoms with E-state index in [0.717, 1.165) is 0 Å². The summed E-state index contributed by atoms with van der Waals surface area (Å²) >= 11 is 1.11. The molecule has 0 aliphatic carbocycles. The Bertz CT molecular complexity index is 1030. The average Bonchev–Trinajstić information content (AvgIpc) is 2.85. The van der Waals surface area contributed by atoms with Crippen LogP contribution in [-0.2, 0) is 14.3 Å². The lowest BCUT2D eigenvalue weighted by Gasteiger charge is -2.18. The molecule has 0 saturated carbocycles. The van der Waals surface area contributed by atoms with E-state index in [-0.39, 0.29) is 0 Å². The van der Waals surface area contributed by atoms with E-state index in [1.54, 1.807) is 60.7 Å². The van der Waals surface area contributed by atoms with Crippen LogP contribution < -0.4 is 21.3 Å². The summed E-state index contributed by atoms with van der Waals surface area (Å²) in [4.78, 5) is 71.3. The fourth-order valence-corrected chi connectivity index (χ4v) is 4.00. The second-order valence-electron chi connectivity index (χ2n) is 6.92. The van der Waals surface area contributed by atoms with E-state index in [4.69, 9.17) is 10.2 Å². The standard InChI is InChI=1S/C22H22N4O9S2/c27-17(15(25-19(29)30)11-36-21(33)23-13-7-3-1-4-8-13)35-18(28)16(26-20(31)32)12-37-22(34)24-14-9-5-2-6-10-14/h1-10,15-16,25-26H,11-12H2,(H,23,33)(H,24,34)(H,29,30)(H,31,32)/t15-,16-/m0/s1. The van der Waals surface area contributed by atoms with Crippen molar-refractivity contribution in [1.82, 2.24) is 10.6 Å². The molecule has 0 fully saturated rings. The second kappa shape index (κ2) is 15.0. The van der Waals surface area contributed by atoms with Crippen LogP contribution in [0.3, 0.4) is 0 Å². The van der Waals surface area contributed by atoms with Crippen LogP contribution in [0, 0.1) is 0 Å². The summed E-state index contributed by atoms with van der Waals surface area (Å²) in [6, 6.07) is 13.4. The largest absolute Gasteiger partial charge is 0.465 e. The summed E-state index contributed by atoms with van der Waals surface area (Å²) in [6.45, 7) is 0. The maximum atomic E-state index is 12.5. The molecule has 2 aromatic carbocycles. The van der Waals surface area contributed by atoms with E-state index in [1.165, 1.54) is 0 Å². The highest BCUT2D eigenvalue weighted by Crippen LogP contribution is 2.15. The number of carbonyl (C=O) groups is 6. The van der Waals surface area contributed by atoms with Crippen LogP contribution >= 0.6 is 23.5 Å². The van der Waals surface area contributed by atoms with Crippen molar-refractivity contribution in [2.24, 2.45) is 0 Å². The zero-order chi connectivity index (χ0) is 27.2. The van der Waals surface area contributed by atoms with Crippen molar-refractivity contribution in [2.75, 3.05) is 22.1 Å². The zero-order valence-corrected chi connectivity index (χ0v) is 20.5. The Morgan fingerprint density at radius 1 is 0.649 bits per heavy atom. The highest BCUT2D eigenvalue weighted by molar-refractivity contribution is 8.14. The molecule has 0 heterocycles. The van der Waals surface area contributed by atoms with E-state index in [9.17, 15) is 28.8 Å². The number of anilines is 2. The highest BCUT2D eigenvalue weighted by Gasteiger charge is 2.31. The van der Waals surface area contributed by atoms with Gasteiger partial charge in [0.1, 0.15) is 12.1 Å². The number of carboxylic acid groups (broad SMARTS) is 2. The number of thioether (sulfide) groups is 2. The predicted octanol–water partition coefficient (Wildman–Crippen LogP) is 3.26. The highest BCUT2D eigenvalue weighted by atomic mass is 32.2. The van der Waals surface area contributed by atoms with Crippen LogP contribution in [0.25, 0.3) is 0 Å². The summed E-state index contributed by atoms with van der Waals surface area (Å²) in [6.07, 6.45) is -3.24. The van der Waals surface area contributed by atoms with Gasteiger partial charge in [-0.25, -0.2) is 19.2 Å². The molecule has 15 heteroatoms. The molecule has 0 aromatic heterocycles. The third kappa shape index (κ3) is 11.4. The number of amides is 4. The summed E-state index contributed by atoms with van der Waals surface area (Å²) in [7, 11) is 0. The smallest absolute Gasteiger partial charge is 0.405 e. The first kappa shape index (κ1) is 29.0. The molecule has 196 valence electrons. The number of nitrogens with one attached hydrogen (secondary N) is 4. The van der Waals surface area contributed by atoms with Crippen molar-refractivity contribution in [1.29, 1.82) is 0 Å². The van der Waals surface area contributed by atoms with Crippen molar-refractivity contribution in [3.05, 3.63) is 60.7 Å². The van der Waals surface area contributed by atoms with Crippen molar-refractivity contribution in [3.63, 3.8) is 0 Å². The zero-order valence-electron chi connectivity index (χ0n) is 18.9. The lowest BCUT2D eigenvalue weighted by atomic mass is 10.3. The average molecular weight is 551 g/mol. The maximum Gasteiger partial charge on any atom is 0.405 e. The quantitative estimate of drug-likeness (QED) is 0.187. The minimum absolute atomic E-state index is 0.428. The van der Waals surface area contributed by atoms with Crippen LogP contribution in [0.5, 0.6) is 0 Å². The minimum Gasteiger partial charge on any atom is -0.465 e. The Morgan fingerprint density at radius 2 is 1.00 bits per heavy atom. The van der Waals surface area contributed by atoms with Gasteiger partial charge in [0.05, 0.1) is 0 Å². The summed E-state index contributed by atoms with van der Waals surface area (Å²) in [5.41, 5.74) is 0.939. The van der Waals surface area contributed by atoms with Crippen molar-refractivity contribution >= 4 is 69.5 Å². The SMILES string of the molecule is O=C(O)N[C@@H](CSC(=O)Nc1ccccc1)C(=O)OC(=O)[C@H](CSC(=O)Nc1ccccc1)NC(=O)O. The van der Waals surface area contributed by atoms with Gasteiger partial charge in [0.25, 0.3) is 10.5 Å². The summed E-state index contributed by atoms with van der Waals surface area (Å²) < 4.78 is 4.66. The molecular formula is C22H22N4O9S2. The van der Waals surface area contributed by atoms with Crippen molar-refractivity contribution in [3.8, 4) is 0 Å². The van der Waals surface area contributed by atoms with E-state index in [0.29, 0.717) is 34.9 Å². The molecule has 0 aliphatic heterocycles. The van der Waals surface area contributed by atoms with Gasteiger partial charge in [-0.2, -0.15) is 0 Å². The minimum atomic E-state index is -1.63. The molecule has 0 spiro atoms. The maximum absolute atomic E-state index is 12.5. The van der Waals surface area contributed by atoms with E-state index in [1.807, 2.05) is 10.6 Å². The molecule has 0 radical (unpaired) electrons. The van der Waals surface area contributed by atoms with Gasteiger partial charge in [-0.15, -0.1) is 0 Å². The number of para-hydroxylation sites is 2. The fourth-order valence-electron chi connectivity index (χ4n) is 2.55. The Morgan fingerprint density at radius 3 is 1.32 bits per heavy atom. The normalized spacial score (nSPS) is 11.8. The number of carbonyl (C=O) groups excluding carboxylic acids is 4. The number of benzene rings is 2. The summed E-state index contributed by atoms with van der Waals surface area (Å²) in [5.74, 6) is -3.57. The second-order valence-corrected chi connectivity index (χ2v) is 8.91. The molecule has 13 nitrogen and oxygen atoms in total. The topological polar surface area (TPSA) is 200 Å². The van der Waals surface area contributed by atoms with Crippen LogP contribution in [0.1, 0.15) is 0 Å². The van der Waals surface area contributed by atoms with Gasteiger partial charge in [0.15, 0.2) is 0 Å². The van der Waals surface area contributed by atoms with Gasteiger partial charge in [-0.05, 0) is 24.3 Å². The van der Waals surface area contributed by atoms with E-state index < -0.39 is 58.2 Å². The van der Waals surface area contributed by atoms with Gasteiger partial charge in [-0.1, -0.05) is 59.9 Å². The van der Waals surface area contributed by atoms with Crippen molar-refractivity contribution in [2.45, 2.75) is 12.1 Å². The number of rotatable bonds is 10. The lowest BCUT2D eigenvalue weighted by molar-refractivity contribution is -0.161. The first-order valence-corrected chi connectivity index (χ1v) is 12.3. The molecule has 6 N–H and O–H groups in total. The number of hydrogen-bond donors (Lipinski definition) is 6. The molecule has 37 heavy (non-hydrogen) atoms. The number of hydrogen-bond acceptors (Lipinski definition) is 9. The molecule has 0 saturated heterocycles. The Labute approximate surface area is 218 Å². The van der Waals surface area contributed by atoms with E-state index in [2.05, 4.69) is 15.4 Å². The first-order valence-electron chi connectivity index (χ1n) is 10.4. The first-order chi connectivity index (χ1) is 17.6. The van der Waals surface area contributed by atoms with Gasteiger partial charge in [-0.3, -0.25) is 9.59 Å². The molecular weight excluding hydrogens is 528 g/mol. The Hall–Kier alpha value is -4.24. The Balaban J connectivity index is 1.95. The molecule has 2 rings (SSSR count). The fraction of sp³-hybridized carbons (Fsp3) is 0.182.